The van der Waals surface area contributed by atoms with E-state index in [0.717, 1.165) is 6.07 Å². The number of alkyl halides is 6. The Bertz CT molecular complexity index is 418. The zero-order valence-electron chi connectivity index (χ0n) is 8.58. The molecule has 0 unspecified atom stereocenters. The second-order valence-corrected chi connectivity index (χ2v) is 3.82. The maximum atomic E-state index is 12.7. The van der Waals surface area contributed by atoms with Crippen LogP contribution in [0, 0.1) is 0 Å². The van der Waals surface area contributed by atoms with Crippen LogP contribution in [0.25, 0.3) is 0 Å². The van der Waals surface area contributed by atoms with Gasteiger partial charge in [0, 0.05) is 4.90 Å². The van der Waals surface area contributed by atoms with Crippen molar-refractivity contribution in [1.82, 2.24) is 0 Å². The number of benzene rings is 1. The molecule has 0 radical (unpaired) electrons. The molecule has 0 aromatic heterocycles. The van der Waals surface area contributed by atoms with Crippen molar-refractivity contribution in [2.24, 2.45) is 0 Å². The molecule has 96 valence electrons. The molecule has 0 saturated heterocycles. The lowest BCUT2D eigenvalue weighted by Gasteiger charge is -2.19. The van der Waals surface area contributed by atoms with Gasteiger partial charge in [0.25, 0.3) is 0 Å². The van der Waals surface area contributed by atoms with Crippen LogP contribution in [0.3, 0.4) is 0 Å². The van der Waals surface area contributed by atoms with Crippen LogP contribution in [0.15, 0.2) is 17.0 Å². The fourth-order valence-corrected chi connectivity index (χ4v) is 1.90. The number of hydrogen-bond donors (Lipinski definition) is 1. The minimum atomic E-state index is -5.05. The summed E-state index contributed by atoms with van der Waals surface area (Å²) in [6.07, 6.45) is -10.2. The van der Waals surface area contributed by atoms with E-state index in [1.165, 1.54) is 6.92 Å². The van der Waals surface area contributed by atoms with Crippen molar-refractivity contribution in [2.75, 3.05) is 0 Å². The molecule has 0 spiro atoms. The summed E-state index contributed by atoms with van der Waals surface area (Å²) in [6, 6.07) is 1.34. The normalized spacial score (nSPS) is 12.9. The summed E-state index contributed by atoms with van der Waals surface area (Å²) in [5.74, 6) is 0. The molecule has 1 rings (SSSR count). The molecule has 1 aromatic carbocycles. The average Bonchev–Trinajstić information content (AvgIpc) is 2.13. The predicted molar refractivity (Wildman–Crippen MR) is 53.1 cm³/mol. The first-order valence-electron chi connectivity index (χ1n) is 4.58. The predicted octanol–water partition coefficient (Wildman–Crippen LogP) is 4.58. The van der Waals surface area contributed by atoms with Crippen LogP contribution >= 0.6 is 12.6 Å². The van der Waals surface area contributed by atoms with Crippen LogP contribution in [-0.2, 0) is 18.8 Å². The minimum absolute atomic E-state index is 0.0900. The van der Waals surface area contributed by atoms with Gasteiger partial charge in [0.1, 0.15) is 0 Å². The van der Waals surface area contributed by atoms with Crippen molar-refractivity contribution in [3.05, 3.63) is 28.8 Å². The maximum Gasteiger partial charge on any atom is 0.417 e. The molecule has 0 saturated carbocycles. The fourth-order valence-electron chi connectivity index (χ4n) is 1.55. The molecular formula is C10H8F6S. The fraction of sp³-hybridized carbons (Fsp3) is 0.400. The largest absolute Gasteiger partial charge is 0.417 e. The number of halogens is 6. The van der Waals surface area contributed by atoms with Crippen molar-refractivity contribution in [3.8, 4) is 0 Å². The highest BCUT2D eigenvalue weighted by molar-refractivity contribution is 7.80. The Morgan fingerprint density at radius 3 is 1.88 bits per heavy atom. The van der Waals surface area contributed by atoms with E-state index in [2.05, 4.69) is 12.6 Å². The van der Waals surface area contributed by atoms with Crippen LogP contribution in [0.5, 0.6) is 0 Å². The second kappa shape index (κ2) is 4.44. The Balaban J connectivity index is 3.64. The molecule has 1 aromatic rings. The van der Waals surface area contributed by atoms with Crippen LogP contribution < -0.4 is 0 Å². The maximum absolute atomic E-state index is 12.7. The molecule has 0 N–H and O–H groups in total. The van der Waals surface area contributed by atoms with E-state index >= 15 is 0 Å². The summed E-state index contributed by atoms with van der Waals surface area (Å²) >= 11 is 3.76. The molecule has 0 amide bonds. The van der Waals surface area contributed by atoms with E-state index < -0.39 is 29.0 Å². The topological polar surface area (TPSA) is 0 Å². The highest BCUT2D eigenvalue weighted by atomic mass is 32.1. The molecular weight excluding hydrogens is 266 g/mol. The van der Waals surface area contributed by atoms with Gasteiger partial charge in [-0.15, -0.1) is 12.6 Å². The first-order valence-corrected chi connectivity index (χ1v) is 5.03. The SMILES string of the molecule is CCc1c(S)ccc(C(F)(F)F)c1C(F)(F)F. The van der Waals surface area contributed by atoms with Gasteiger partial charge in [-0.3, -0.25) is 0 Å². The van der Waals surface area contributed by atoms with E-state index in [-0.39, 0.29) is 11.3 Å². The minimum Gasteiger partial charge on any atom is -0.166 e. The Labute approximate surface area is 99.0 Å². The number of thiol groups is 1. The standard InChI is InChI=1S/C10H8F6S/c1-2-5-7(17)4-3-6(9(11,12)13)8(5)10(14,15)16/h3-4,17H,2H2,1H3. The first kappa shape index (κ1) is 14.2. The molecule has 0 aliphatic rings. The lowest BCUT2D eigenvalue weighted by Crippen LogP contribution is -2.19. The van der Waals surface area contributed by atoms with Gasteiger partial charge in [-0.05, 0) is 24.1 Å². The van der Waals surface area contributed by atoms with E-state index in [1.807, 2.05) is 0 Å². The third-order valence-electron chi connectivity index (χ3n) is 2.23. The molecule has 0 fully saturated rings. The zero-order valence-corrected chi connectivity index (χ0v) is 9.47. The van der Waals surface area contributed by atoms with Crippen LogP contribution in [0.4, 0.5) is 26.3 Å². The van der Waals surface area contributed by atoms with Crippen molar-refractivity contribution in [1.29, 1.82) is 0 Å². The molecule has 17 heavy (non-hydrogen) atoms. The monoisotopic (exact) mass is 274 g/mol. The highest BCUT2D eigenvalue weighted by Gasteiger charge is 2.44. The summed E-state index contributed by atoms with van der Waals surface area (Å²) in [5, 5.41) is 0. The van der Waals surface area contributed by atoms with E-state index in [1.54, 1.807) is 0 Å². The molecule has 7 heteroatoms. The van der Waals surface area contributed by atoms with Crippen molar-refractivity contribution >= 4 is 12.6 Å². The molecule has 0 aliphatic heterocycles. The first-order chi connectivity index (χ1) is 7.59. The van der Waals surface area contributed by atoms with E-state index in [0.29, 0.717) is 6.07 Å². The van der Waals surface area contributed by atoms with Gasteiger partial charge in [-0.1, -0.05) is 6.92 Å². The molecule has 0 heterocycles. The van der Waals surface area contributed by atoms with Crippen LogP contribution in [-0.4, -0.2) is 0 Å². The molecule has 0 atom stereocenters. The van der Waals surface area contributed by atoms with Crippen LogP contribution in [0.1, 0.15) is 23.6 Å². The third kappa shape index (κ3) is 2.88. The smallest absolute Gasteiger partial charge is 0.166 e. The molecule has 0 nitrogen and oxygen atoms in total. The van der Waals surface area contributed by atoms with Gasteiger partial charge < -0.3 is 0 Å². The molecule has 0 bridgehead atoms. The van der Waals surface area contributed by atoms with Gasteiger partial charge in [0.05, 0.1) is 11.1 Å². The summed E-state index contributed by atoms with van der Waals surface area (Å²) in [5.41, 5.74) is -3.74. The zero-order chi connectivity index (χ0) is 13.4. The van der Waals surface area contributed by atoms with Gasteiger partial charge in [0.15, 0.2) is 0 Å². The Morgan fingerprint density at radius 1 is 1.00 bits per heavy atom. The Hall–Kier alpha value is -0.850. The number of rotatable bonds is 1. The summed E-state index contributed by atoms with van der Waals surface area (Å²) < 4.78 is 75.5. The molecule has 0 aliphatic carbocycles. The van der Waals surface area contributed by atoms with Crippen molar-refractivity contribution in [3.63, 3.8) is 0 Å². The van der Waals surface area contributed by atoms with E-state index in [4.69, 9.17) is 0 Å². The average molecular weight is 274 g/mol. The highest BCUT2D eigenvalue weighted by Crippen LogP contribution is 2.43. The van der Waals surface area contributed by atoms with Crippen molar-refractivity contribution in [2.45, 2.75) is 30.6 Å². The third-order valence-corrected chi connectivity index (χ3v) is 2.65. The quantitative estimate of drug-likeness (QED) is 0.562. The van der Waals surface area contributed by atoms with Crippen molar-refractivity contribution < 1.29 is 26.3 Å². The summed E-state index contributed by atoms with van der Waals surface area (Å²) in [4.78, 5) is -0.0900. The summed E-state index contributed by atoms with van der Waals surface area (Å²) in [7, 11) is 0. The van der Waals surface area contributed by atoms with Crippen LogP contribution in [0.2, 0.25) is 0 Å². The summed E-state index contributed by atoms with van der Waals surface area (Å²) in [6.45, 7) is 1.35. The van der Waals surface area contributed by atoms with Gasteiger partial charge in [-0.2, -0.15) is 26.3 Å². The van der Waals surface area contributed by atoms with E-state index in [9.17, 15) is 26.3 Å². The lowest BCUT2D eigenvalue weighted by atomic mass is 9.98. The Morgan fingerprint density at radius 2 is 1.53 bits per heavy atom. The number of hydrogen-bond acceptors (Lipinski definition) is 1. The Kier molecular flexibility index (Phi) is 3.71. The van der Waals surface area contributed by atoms with Gasteiger partial charge in [0.2, 0.25) is 0 Å². The lowest BCUT2D eigenvalue weighted by molar-refractivity contribution is -0.162. The van der Waals surface area contributed by atoms with Gasteiger partial charge in [-0.25, -0.2) is 0 Å². The second-order valence-electron chi connectivity index (χ2n) is 3.33. The van der Waals surface area contributed by atoms with Gasteiger partial charge >= 0.3 is 12.4 Å².